The molecule has 6 aliphatic rings. The van der Waals surface area contributed by atoms with Crippen molar-refractivity contribution in [3.8, 4) is 62.1 Å². The van der Waals surface area contributed by atoms with Crippen LogP contribution in [-0.4, -0.2) is 18.0 Å². The van der Waals surface area contributed by atoms with E-state index in [1.165, 1.54) is 99.5 Å². The van der Waals surface area contributed by atoms with Gasteiger partial charge < -0.3 is 23.8 Å². The fourth-order valence-corrected chi connectivity index (χ4v) is 19.3. The average Bonchev–Trinajstić information content (AvgIpc) is 1.43. The van der Waals surface area contributed by atoms with Crippen LogP contribution in [-0.2, 0) is 27.1 Å². The molecule has 0 atom stereocenters. The molecule has 7 heteroatoms. The molecule has 5 nitrogen and oxygen atoms in total. The maximum Gasteiger partial charge on any atom is 0.256 e. The molecule has 0 unspecified atom stereocenters. The Bertz CT molecular complexity index is 6200. The highest BCUT2D eigenvalue weighted by atomic mass is 16.5. The van der Waals surface area contributed by atoms with E-state index >= 15 is 0 Å². The van der Waals surface area contributed by atoms with E-state index in [4.69, 9.17) is 9.47 Å². The van der Waals surface area contributed by atoms with Gasteiger partial charge in [-0.15, -0.1) is 0 Å². The molecular formula is C99H81B2N3O2. The van der Waals surface area contributed by atoms with E-state index in [0.717, 1.165) is 107 Å². The van der Waals surface area contributed by atoms with Gasteiger partial charge in [-0.05, 0) is 217 Å². The summed E-state index contributed by atoms with van der Waals surface area (Å²) in [5.74, 6) is 3.43. The average molecular weight is 1370 g/mol. The third-order valence-electron chi connectivity index (χ3n) is 24.4. The van der Waals surface area contributed by atoms with Crippen LogP contribution in [0.15, 0.2) is 273 Å². The normalized spacial score (nSPS) is 14.6. The summed E-state index contributed by atoms with van der Waals surface area (Å²) >= 11 is 0. The quantitative estimate of drug-likeness (QED) is 0.164. The van der Waals surface area contributed by atoms with Gasteiger partial charge in [0, 0.05) is 56.7 Å². The van der Waals surface area contributed by atoms with Gasteiger partial charge in [0.1, 0.15) is 23.0 Å². The molecule has 2 aliphatic carbocycles. The van der Waals surface area contributed by atoms with Gasteiger partial charge in [0.15, 0.2) is 0 Å². The molecule has 1 aromatic heterocycles. The lowest BCUT2D eigenvalue weighted by atomic mass is 9.31. The Balaban J connectivity index is 0.825. The van der Waals surface area contributed by atoms with Crippen molar-refractivity contribution >= 4 is 113 Å². The third-order valence-corrected chi connectivity index (χ3v) is 24.4. The molecular weight excluding hydrogens is 1280 g/mol. The van der Waals surface area contributed by atoms with Crippen LogP contribution in [0.2, 0.25) is 0 Å². The predicted octanol–water partition coefficient (Wildman–Crippen LogP) is 21.9. The summed E-state index contributed by atoms with van der Waals surface area (Å²) in [5, 5.41) is 4.77. The summed E-state index contributed by atoms with van der Waals surface area (Å²) in [6.07, 6.45) is 0. The van der Waals surface area contributed by atoms with Gasteiger partial charge in [-0.1, -0.05) is 265 Å². The minimum atomic E-state index is -0.524. The minimum absolute atomic E-state index is 0.0518. The van der Waals surface area contributed by atoms with Gasteiger partial charge in [0.2, 0.25) is 0 Å². The second-order valence-electron chi connectivity index (χ2n) is 34.8. The number of ether oxygens (including phenoxy) is 2. The van der Waals surface area contributed by atoms with Gasteiger partial charge in [-0.2, -0.15) is 0 Å². The summed E-state index contributed by atoms with van der Waals surface area (Å²) in [4.78, 5) is 5.11. The van der Waals surface area contributed by atoms with Crippen molar-refractivity contribution in [3.05, 3.63) is 317 Å². The lowest BCUT2D eigenvalue weighted by molar-refractivity contribution is 0.487. The fraction of sp³-hybridized carbons (Fsp3) is 0.172. The third kappa shape index (κ3) is 8.80. The SMILES string of the molecule is CC(C)(C)c1cc(N2c3cc4c(cc3B3c5ccccc5Oc5cc(-n6c7ccc(C(C)(C)C)cc7c7cc(C(C)(C)C)ccc76)cc2c53)B2c3ccccc3N(c3ccccc3)c3c2c(cc2cc(-c5cccc6c5C5(c7ccccc7-c7ccccc75)c5ccccc5-6)ccc32)O4)cc(C(C)(C)C)c1. The lowest BCUT2D eigenvalue weighted by Gasteiger charge is -2.43. The molecule has 15 aromatic rings. The second-order valence-corrected chi connectivity index (χ2v) is 34.8. The van der Waals surface area contributed by atoms with E-state index in [1.807, 2.05) is 0 Å². The number of para-hydroxylation sites is 3. The molecule has 4 aliphatic heterocycles. The molecule has 0 radical (unpaired) electrons. The number of hydrogen-bond donors (Lipinski definition) is 0. The monoisotopic (exact) mass is 1370 g/mol. The molecule has 21 rings (SSSR count). The molecule has 0 saturated heterocycles. The number of anilines is 6. The molecule has 1 spiro atoms. The number of benzene rings is 14. The summed E-state index contributed by atoms with van der Waals surface area (Å²) in [7, 11) is 0. The van der Waals surface area contributed by atoms with Crippen LogP contribution in [0.25, 0.3) is 71.6 Å². The molecule has 0 fully saturated rings. The fourth-order valence-electron chi connectivity index (χ4n) is 19.3. The van der Waals surface area contributed by atoms with E-state index in [1.54, 1.807) is 0 Å². The summed E-state index contributed by atoms with van der Waals surface area (Å²) in [5.41, 5.74) is 34.1. The molecule has 5 heterocycles. The first-order valence-corrected chi connectivity index (χ1v) is 37.9. The van der Waals surface area contributed by atoms with Crippen LogP contribution >= 0.6 is 0 Å². The van der Waals surface area contributed by atoms with E-state index in [0.29, 0.717) is 0 Å². The molecule has 0 bridgehead atoms. The van der Waals surface area contributed by atoms with Crippen molar-refractivity contribution in [2.75, 3.05) is 9.80 Å². The first-order chi connectivity index (χ1) is 51.1. The number of hydrogen-bond acceptors (Lipinski definition) is 4. The van der Waals surface area contributed by atoms with Gasteiger partial charge >= 0.3 is 0 Å². The van der Waals surface area contributed by atoms with Crippen molar-refractivity contribution < 1.29 is 9.47 Å². The second kappa shape index (κ2) is 21.8. The van der Waals surface area contributed by atoms with Gasteiger partial charge in [0.25, 0.3) is 13.4 Å². The highest BCUT2D eigenvalue weighted by Gasteiger charge is 2.54. The number of aromatic nitrogens is 1. The van der Waals surface area contributed by atoms with Crippen molar-refractivity contribution in [1.29, 1.82) is 0 Å². The highest BCUT2D eigenvalue weighted by molar-refractivity contribution is 7.02. The number of rotatable bonds is 4. The van der Waals surface area contributed by atoms with Crippen molar-refractivity contribution in [3.63, 3.8) is 0 Å². The van der Waals surface area contributed by atoms with Crippen LogP contribution in [0.3, 0.4) is 0 Å². The van der Waals surface area contributed by atoms with Crippen LogP contribution < -0.4 is 52.1 Å². The predicted molar refractivity (Wildman–Crippen MR) is 447 cm³/mol. The van der Waals surface area contributed by atoms with Crippen LogP contribution in [0.4, 0.5) is 34.1 Å². The Kier molecular flexibility index (Phi) is 13.0. The Morgan fingerprint density at radius 1 is 0.302 bits per heavy atom. The summed E-state index contributed by atoms with van der Waals surface area (Å²) in [6, 6.07) is 105. The van der Waals surface area contributed by atoms with Crippen molar-refractivity contribution in [2.45, 2.75) is 110 Å². The number of fused-ring (bicyclic) bond motifs is 23. The topological polar surface area (TPSA) is 29.9 Å². The van der Waals surface area contributed by atoms with Gasteiger partial charge in [-0.25, -0.2) is 0 Å². The lowest BCUT2D eigenvalue weighted by Crippen LogP contribution is -2.63. The molecule has 510 valence electrons. The zero-order valence-corrected chi connectivity index (χ0v) is 62.3. The smallest absolute Gasteiger partial charge is 0.256 e. The Hall–Kier alpha value is -11.5. The molecule has 0 saturated carbocycles. The maximum absolute atomic E-state index is 7.98. The van der Waals surface area contributed by atoms with Gasteiger partial charge in [-0.3, -0.25) is 0 Å². The molecule has 0 amide bonds. The van der Waals surface area contributed by atoms with Crippen molar-refractivity contribution in [1.82, 2.24) is 4.57 Å². The Labute approximate surface area is 622 Å². The van der Waals surface area contributed by atoms with Crippen molar-refractivity contribution in [2.24, 2.45) is 0 Å². The number of nitrogens with zero attached hydrogens (tertiary/aromatic N) is 3. The molecule has 106 heavy (non-hydrogen) atoms. The summed E-state index contributed by atoms with van der Waals surface area (Å²) < 4.78 is 18.0. The first kappa shape index (κ1) is 63.0. The molecule has 0 N–H and O–H groups in total. The first-order valence-electron chi connectivity index (χ1n) is 37.9. The van der Waals surface area contributed by atoms with E-state index < -0.39 is 5.41 Å². The zero-order chi connectivity index (χ0) is 72.0. The van der Waals surface area contributed by atoms with Gasteiger partial charge in [0.05, 0.1) is 27.8 Å². The van der Waals surface area contributed by atoms with E-state index in [-0.39, 0.29) is 35.1 Å². The summed E-state index contributed by atoms with van der Waals surface area (Å²) in [6.45, 7) is 27.6. The van der Waals surface area contributed by atoms with E-state index in [9.17, 15) is 0 Å². The Morgan fingerprint density at radius 2 is 0.840 bits per heavy atom. The van der Waals surface area contributed by atoms with Crippen LogP contribution in [0.5, 0.6) is 23.0 Å². The standard InChI is InChI=1S/C99H81B2N3O2/c1-95(2,3)60-42-45-82-73(52-60)74-53-61(96(4,5)6)43-46-83(74)102(82)66-54-86-92-90(55-66)105-87-40-25-23-38-79(87)101(92)80-56-81-88(57-85(80)103(86)65-50-62(97(7,8)9)49-63(51-65)98(10,11)12)106-89-48-59-47-58(41-44-68(59)94-93(89)100(81)78-37-22-24-39-84(78)104(94)64-27-14-13-15-28-64)67-32-26-33-72-71-31-18-21-36-77(71)99(91(67)72)75-34-19-16-29-69(75)70-30-17-20-35-76(70)99/h13-57H,1-12H3. The largest absolute Gasteiger partial charge is 0.458 e. The highest BCUT2D eigenvalue weighted by Crippen LogP contribution is 2.65. The Morgan fingerprint density at radius 3 is 1.48 bits per heavy atom. The minimum Gasteiger partial charge on any atom is -0.458 e. The maximum atomic E-state index is 7.98. The molecule has 14 aromatic carbocycles. The van der Waals surface area contributed by atoms with Crippen LogP contribution in [0, 0.1) is 0 Å². The zero-order valence-electron chi connectivity index (χ0n) is 62.3. The van der Waals surface area contributed by atoms with Crippen LogP contribution in [0.1, 0.15) is 128 Å². The van der Waals surface area contributed by atoms with E-state index in [2.05, 4.69) is 370 Å².